The summed E-state index contributed by atoms with van der Waals surface area (Å²) in [6.45, 7) is 4.25. The highest BCUT2D eigenvalue weighted by molar-refractivity contribution is 6.36. The number of aryl methyl sites for hydroxylation is 2. The summed E-state index contributed by atoms with van der Waals surface area (Å²) in [7, 11) is 1.94. The molecule has 20 heavy (non-hydrogen) atoms. The summed E-state index contributed by atoms with van der Waals surface area (Å²) in [4.78, 5) is 0. The molecule has 1 nitrogen and oxygen atoms in total. The van der Waals surface area contributed by atoms with Crippen molar-refractivity contribution >= 4 is 23.2 Å². The van der Waals surface area contributed by atoms with Crippen molar-refractivity contribution < 1.29 is 0 Å². The molecule has 0 bridgehead atoms. The largest absolute Gasteiger partial charge is 0.313 e. The lowest BCUT2D eigenvalue weighted by Gasteiger charge is -2.20. The van der Waals surface area contributed by atoms with E-state index in [-0.39, 0.29) is 6.04 Å². The fourth-order valence-corrected chi connectivity index (χ4v) is 3.09. The molecule has 0 radical (unpaired) electrons. The normalized spacial score (nSPS) is 12.4. The van der Waals surface area contributed by atoms with Crippen molar-refractivity contribution in [2.24, 2.45) is 0 Å². The number of rotatable bonds is 4. The molecule has 2 aromatic rings. The van der Waals surface area contributed by atoms with Gasteiger partial charge in [-0.1, -0.05) is 53.0 Å². The molecule has 106 valence electrons. The maximum atomic E-state index is 6.32. The maximum absolute atomic E-state index is 6.32. The lowest BCUT2D eigenvalue weighted by molar-refractivity contribution is 0.591. The smallest absolute Gasteiger partial charge is 0.0468 e. The third kappa shape index (κ3) is 3.35. The van der Waals surface area contributed by atoms with E-state index in [9.17, 15) is 0 Å². The van der Waals surface area contributed by atoms with Gasteiger partial charge in [-0.25, -0.2) is 0 Å². The molecule has 3 heteroatoms. The Bertz CT molecular complexity index is 588. The number of hydrogen-bond acceptors (Lipinski definition) is 1. The van der Waals surface area contributed by atoms with E-state index in [0.717, 1.165) is 12.0 Å². The summed E-state index contributed by atoms with van der Waals surface area (Å²) in [5.41, 5.74) is 4.85. The Kier molecular flexibility index (Phi) is 5.09. The number of halogens is 2. The molecule has 0 heterocycles. The third-order valence-electron chi connectivity index (χ3n) is 3.63. The van der Waals surface area contributed by atoms with Crippen LogP contribution >= 0.6 is 23.2 Å². The van der Waals surface area contributed by atoms with Gasteiger partial charge in [0.15, 0.2) is 0 Å². The zero-order chi connectivity index (χ0) is 14.7. The highest BCUT2D eigenvalue weighted by atomic mass is 35.5. The van der Waals surface area contributed by atoms with Crippen LogP contribution in [0, 0.1) is 13.8 Å². The minimum absolute atomic E-state index is 0.108. The average Bonchev–Trinajstić information content (AvgIpc) is 2.41. The molecule has 0 saturated heterocycles. The number of nitrogens with one attached hydrogen (secondary N) is 1. The summed E-state index contributed by atoms with van der Waals surface area (Å²) in [5.74, 6) is 0. The van der Waals surface area contributed by atoms with Gasteiger partial charge in [0, 0.05) is 21.7 Å². The first-order valence-corrected chi connectivity index (χ1v) is 7.46. The summed E-state index contributed by atoms with van der Waals surface area (Å²) in [6, 6.07) is 12.3. The lowest BCUT2D eigenvalue weighted by Crippen LogP contribution is -2.20. The molecular weight excluding hydrogens is 289 g/mol. The summed E-state index contributed by atoms with van der Waals surface area (Å²) >= 11 is 12.6. The predicted octanol–water partition coefficient (Wildman–Crippen LogP) is 5.11. The van der Waals surface area contributed by atoms with E-state index in [0.29, 0.717) is 10.0 Å². The highest BCUT2D eigenvalue weighted by Gasteiger charge is 2.17. The molecule has 0 aliphatic rings. The summed E-state index contributed by atoms with van der Waals surface area (Å²) in [5, 5.41) is 4.75. The fourth-order valence-electron chi connectivity index (χ4n) is 2.43. The molecule has 2 rings (SSSR count). The maximum Gasteiger partial charge on any atom is 0.0468 e. The van der Waals surface area contributed by atoms with Crippen LogP contribution in [0.1, 0.15) is 28.3 Å². The molecule has 1 unspecified atom stereocenters. The quantitative estimate of drug-likeness (QED) is 0.827. The van der Waals surface area contributed by atoms with Crippen molar-refractivity contribution in [1.82, 2.24) is 5.32 Å². The van der Waals surface area contributed by atoms with E-state index >= 15 is 0 Å². The first kappa shape index (κ1) is 15.4. The van der Waals surface area contributed by atoms with Crippen molar-refractivity contribution in [3.63, 3.8) is 0 Å². The van der Waals surface area contributed by atoms with Crippen molar-refractivity contribution in [2.45, 2.75) is 26.3 Å². The highest BCUT2D eigenvalue weighted by Crippen LogP contribution is 2.32. The van der Waals surface area contributed by atoms with Crippen molar-refractivity contribution in [2.75, 3.05) is 7.05 Å². The standard InChI is InChI=1S/C17H19Cl2N/c1-11-7-8-12(2)13(9-11)10-16(20-3)17-14(18)5-4-6-15(17)19/h4-9,16,20H,10H2,1-3H3. The van der Waals surface area contributed by atoms with Crippen LogP contribution in [0.3, 0.4) is 0 Å². The second-order valence-electron chi connectivity index (χ2n) is 5.11. The van der Waals surface area contributed by atoms with Crippen molar-refractivity contribution in [3.8, 4) is 0 Å². The van der Waals surface area contributed by atoms with E-state index in [4.69, 9.17) is 23.2 Å². The van der Waals surface area contributed by atoms with Crippen LogP contribution in [0.4, 0.5) is 0 Å². The second-order valence-corrected chi connectivity index (χ2v) is 5.93. The van der Waals surface area contributed by atoms with Gasteiger partial charge in [0.25, 0.3) is 0 Å². The second kappa shape index (κ2) is 6.62. The van der Waals surface area contributed by atoms with E-state index in [2.05, 4.69) is 37.4 Å². The molecule has 0 amide bonds. The van der Waals surface area contributed by atoms with Crippen molar-refractivity contribution in [1.29, 1.82) is 0 Å². The van der Waals surface area contributed by atoms with Crippen LogP contribution in [0.2, 0.25) is 10.0 Å². The van der Waals surface area contributed by atoms with E-state index in [1.807, 2.05) is 25.2 Å². The van der Waals surface area contributed by atoms with Gasteiger partial charge in [-0.05, 0) is 50.6 Å². The SMILES string of the molecule is CNC(Cc1cc(C)ccc1C)c1c(Cl)cccc1Cl. The van der Waals surface area contributed by atoms with E-state index < -0.39 is 0 Å². The molecule has 0 saturated carbocycles. The third-order valence-corrected chi connectivity index (χ3v) is 4.28. The Labute approximate surface area is 130 Å². The first-order chi connectivity index (χ1) is 9.52. The number of benzene rings is 2. The molecular formula is C17H19Cl2N. The van der Waals surface area contributed by atoms with Gasteiger partial charge in [-0.3, -0.25) is 0 Å². The van der Waals surface area contributed by atoms with Gasteiger partial charge in [0.1, 0.15) is 0 Å². The first-order valence-electron chi connectivity index (χ1n) is 6.70. The van der Waals surface area contributed by atoms with Crippen LogP contribution < -0.4 is 5.32 Å². The van der Waals surface area contributed by atoms with E-state index in [1.54, 1.807) is 0 Å². The summed E-state index contributed by atoms with van der Waals surface area (Å²) < 4.78 is 0. The lowest BCUT2D eigenvalue weighted by atomic mass is 9.95. The fraction of sp³-hybridized carbons (Fsp3) is 0.294. The molecule has 0 aromatic heterocycles. The van der Waals surface area contributed by atoms with Crippen molar-refractivity contribution in [3.05, 3.63) is 68.7 Å². The van der Waals surface area contributed by atoms with Gasteiger partial charge in [-0.15, -0.1) is 0 Å². The zero-order valence-electron chi connectivity index (χ0n) is 12.0. The topological polar surface area (TPSA) is 12.0 Å². The average molecular weight is 308 g/mol. The Balaban J connectivity index is 2.36. The monoisotopic (exact) mass is 307 g/mol. The Hall–Kier alpha value is -1.02. The van der Waals surface area contributed by atoms with Crippen LogP contribution in [0.15, 0.2) is 36.4 Å². The predicted molar refractivity (Wildman–Crippen MR) is 87.9 cm³/mol. The van der Waals surface area contributed by atoms with Crippen LogP contribution in [-0.2, 0) is 6.42 Å². The summed E-state index contributed by atoms with van der Waals surface area (Å²) in [6.07, 6.45) is 0.869. The Morgan fingerprint density at radius 3 is 2.30 bits per heavy atom. The molecule has 0 spiro atoms. The van der Waals surface area contributed by atoms with Gasteiger partial charge in [0.2, 0.25) is 0 Å². The zero-order valence-corrected chi connectivity index (χ0v) is 13.5. The Morgan fingerprint density at radius 2 is 1.70 bits per heavy atom. The van der Waals surface area contributed by atoms with Gasteiger partial charge < -0.3 is 5.32 Å². The molecule has 2 aromatic carbocycles. The van der Waals surface area contributed by atoms with E-state index in [1.165, 1.54) is 16.7 Å². The molecule has 0 aliphatic heterocycles. The minimum atomic E-state index is 0.108. The van der Waals surface area contributed by atoms with Gasteiger partial charge in [-0.2, -0.15) is 0 Å². The van der Waals surface area contributed by atoms with Crippen LogP contribution in [0.5, 0.6) is 0 Å². The molecule has 1 atom stereocenters. The minimum Gasteiger partial charge on any atom is -0.313 e. The molecule has 1 N–H and O–H groups in total. The molecule has 0 aliphatic carbocycles. The number of likely N-dealkylation sites (N-methyl/N-ethyl adjacent to an activating group) is 1. The van der Waals surface area contributed by atoms with Crippen LogP contribution in [-0.4, -0.2) is 7.05 Å². The van der Waals surface area contributed by atoms with Gasteiger partial charge in [0.05, 0.1) is 0 Å². The number of hydrogen-bond donors (Lipinski definition) is 1. The Morgan fingerprint density at radius 1 is 1.05 bits per heavy atom. The van der Waals surface area contributed by atoms with Crippen LogP contribution in [0.25, 0.3) is 0 Å². The molecule has 0 fully saturated rings. The van der Waals surface area contributed by atoms with Gasteiger partial charge >= 0.3 is 0 Å².